The van der Waals surface area contributed by atoms with Crippen LogP contribution in [0.5, 0.6) is 0 Å². The lowest BCUT2D eigenvalue weighted by Crippen LogP contribution is -2.49. The number of likely N-dealkylation sites (tertiary alicyclic amines) is 1. The van der Waals surface area contributed by atoms with Gasteiger partial charge in [0.2, 0.25) is 5.91 Å². The quantitative estimate of drug-likeness (QED) is 0.933. The Morgan fingerprint density at radius 2 is 1.90 bits per heavy atom. The van der Waals surface area contributed by atoms with Crippen LogP contribution < -0.4 is 5.32 Å². The van der Waals surface area contributed by atoms with Gasteiger partial charge in [-0.15, -0.1) is 0 Å². The molecule has 1 N–H and O–H groups in total. The molecule has 21 heavy (non-hydrogen) atoms. The number of rotatable bonds is 3. The van der Waals surface area contributed by atoms with Crippen LogP contribution >= 0.6 is 11.6 Å². The lowest BCUT2D eigenvalue weighted by molar-refractivity contribution is -0.134. The molecule has 0 aromatic heterocycles. The predicted molar refractivity (Wildman–Crippen MR) is 83.4 cm³/mol. The highest BCUT2D eigenvalue weighted by atomic mass is 35.5. The molecule has 1 aromatic carbocycles. The Hall–Kier alpha value is -1.55. The maximum atomic E-state index is 12.3. The normalized spacial score (nSPS) is 17.4. The zero-order chi connectivity index (χ0) is 15.4. The van der Waals surface area contributed by atoms with Crippen molar-refractivity contribution in [2.75, 3.05) is 13.1 Å². The van der Waals surface area contributed by atoms with E-state index in [4.69, 9.17) is 11.6 Å². The fourth-order valence-electron chi connectivity index (χ4n) is 2.48. The van der Waals surface area contributed by atoms with Crippen molar-refractivity contribution in [3.05, 3.63) is 34.9 Å². The van der Waals surface area contributed by atoms with Gasteiger partial charge < -0.3 is 10.2 Å². The maximum absolute atomic E-state index is 12.3. The Labute approximate surface area is 130 Å². The summed E-state index contributed by atoms with van der Waals surface area (Å²) in [6.07, 6.45) is 2.05. The molecule has 1 fully saturated rings. The van der Waals surface area contributed by atoms with E-state index in [1.807, 2.05) is 4.90 Å². The molecule has 1 aliphatic heterocycles. The minimum Gasteiger partial charge on any atom is -0.341 e. The average Bonchev–Trinajstić information content (AvgIpc) is 2.47. The second-order valence-corrected chi connectivity index (χ2v) is 6.09. The van der Waals surface area contributed by atoms with Gasteiger partial charge in [0.25, 0.3) is 5.91 Å². The van der Waals surface area contributed by atoms with Crippen molar-refractivity contribution in [3.8, 4) is 0 Å². The first-order valence-electron chi connectivity index (χ1n) is 7.33. The molecule has 2 amide bonds. The standard InChI is InChI=1S/C16H21ClN2O2/c1-11-7-9-19(10-8-11)16(21)12(2)18-15(20)13-5-3-4-6-14(13)17/h3-6,11-12H,7-10H2,1-2H3,(H,18,20). The van der Waals surface area contributed by atoms with Gasteiger partial charge in [-0.2, -0.15) is 0 Å². The lowest BCUT2D eigenvalue weighted by atomic mass is 9.99. The highest BCUT2D eigenvalue weighted by Crippen LogP contribution is 2.17. The molecule has 1 unspecified atom stereocenters. The Bertz CT molecular complexity index is 525. The fraction of sp³-hybridized carbons (Fsp3) is 0.500. The van der Waals surface area contributed by atoms with Crippen molar-refractivity contribution in [1.82, 2.24) is 10.2 Å². The van der Waals surface area contributed by atoms with Gasteiger partial charge in [0.05, 0.1) is 10.6 Å². The molecule has 1 aromatic rings. The number of amides is 2. The van der Waals surface area contributed by atoms with E-state index in [0.717, 1.165) is 25.9 Å². The summed E-state index contributed by atoms with van der Waals surface area (Å²) >= 11 is 5.99. The molecule has 0 aliphatic carbocycles. The number of piperidine rings is 1. The smallest absolute Gasteiger partial charge is 0.253 e. The summed E-state index contributed by atoms with van der Waals surface area (Å²) in [4.78, 5) is 26.3. The van der Waals surface area contributed by atoms with Crippen LogP contribution in [0.2, 0.25) is 5.02 Å². The van der Waals surface area contributed by atoms with Gasteiger partial charge in [-0.1, -0.05) is 30.7 Å². The second kappa shape index (κ2) is 6.94. The number of benzene rings is 1. The third-order valence-corrected chi connectivity index (χ3v) is 4.26. The van der Waals surface area contributed by atoms with Crippen molar-refractivity contribution in [1.29, 1.82) is 0 Å². The summed E-state index contributed by atoms with van der Waals surface area (Å²) < 4.78 is 0. The molecule has 0 bridgehead atoms. The topological polar surface area (TPSA) is 49.4 Å². The van der Waals surface area contributed by atoms with Crippen molar-refractivity contribution in [2.45, 2.75) is 32.7 Å². The maximum Gasteiger partial charge on any atom is 0.253 e. The summed E-state index contributed by atoms with van der Waals surface area (Å²) in [5.41, 5.74) is 0.395. The van der Waals surface area contributed by atoms with Gasteiger partial charge in [0.15, 0.2) is 0 Å². The minimum atomic E-state index is -0.540. The zero-order valence-electron chi connectivity index (χ0n) is 12.4. The third kappa shape index (κ3) is 3.97. The first-order chi connectivity index (χ1) is 9.99. The van der Waals surface area contributed by atoms with E-state index >= 15 is 0 Å². The van der Waals surface area contributed by atoms with Gasteiger partial charge in [-0.25, -0.2) is 0 Å². The van der Waals surface area contributed by atoms with E-state index in [1.54, 1.807) is 31.2 Å². The van der Waals surface area contributed by atoms with Gasteiger partial charge in [-0.3, -0.25) is 9.59 Å². The number of hydrogen-bond donors (Lipinski definition) is 1. The first-order valence-corrected chi connectivity index (χ1v) is 7.71. The molecule has 2 rings (SSSR count). The van der Waals surface area contributed by atoms with E-state index in [2.05, 4.69) is 12.2 Å². The molecule has 1 atom stereocenters. The van der Waals surface area contributed by atoms with Crippen LogP contribution in [-0.2, 0) is 4.79 Å². The average molecular weight is 309 g/mol. The van der Waals surface area contributed by atoms with Gasteiger partial charge in [0.1, 0.15) is 6.04 Å². The van der Waals surface area contributed by atoms with Crippen LogP contribution in [0, 0.1) is 5.92 Å². The number of halogens is 1. The molecule has 5 heteroatoms. The first kappa shape index (κ1) is 15.8. The number of nitrogens with one attached hydrogen (secondary N) is 1. The van der Waals surface area contributed by atoms with Crippen LogP contribution in [-0.4, -0.2) is 35.8 Å². The Morgan fingerprint density at radius 3 is 2.52 bits per heavy atom. The molecular weight excluding hydrogens is 288 g/mol. The lowest BCUT2D eigenvalue weighted by Gasteiger charge is -2.32. The molecule has 1 aliphatic rings. The van der Waals surface area contributed by atoms with Crippen LogP contribution in [0.4, 0.5) is 0 Å². The SMILES string of the molecule is CC1CCN(C(=O)C(C)NC(=O)c2ccccc2Cl)CC1. The van der Waals surface area contributed by atoms with Crippen LogP contribution in [0.25, 0.3) is 0 Å². The zero-order valence-corrected chi connectivity index (χ0v) is 13.2. The highest BCUT2D eigenvalue weighted by molar-refractivity contribution is 6.33. The number of nitrogens with zero attached hydrogens (tertiary/aromatic N) is 1. The van der Waals surface area contributed by atoms with Crippen molar-refractivity contribution >= 4 is 23.4 Å². The van der Waals surface area contributed by atoms with E-state index in [0.29, 0.717) is 16.5 Å². The number of carbonyl (C=O) groups is 2. The van der Waals surface area contributed by atoms with Crippen LogP contribution in [0.3, 0.4) is 0 Å². The number of carbonyl (C=O) groups excluding carboxylic acids is 2. The van der Waals surface area contributed by atoms with Gasteiger partial charge in [0, 0.05) is 13.1 Å². The second-order valence-electron chi connectivity index (χ2n) is 5.68. The predicted octanol–water partition coefficient (Wildman–Crippen LogP) is 2.72. The molecule has 4 nitrogen and oxygen atoms in total. The Balaban J connectivity index is 1.95. The molecule has 0 spiro atoms. The molecule has 1 heterocycles. The van der Waals surface area contributed by atoms with E-state index in [9.17, 15) is 9.59 Å². The third-order valence-electron chi connectivity index (χ3n) is 3.93. The molecular formula is C16H21ClN2O2. The monoisotopic (exact) mass is 308 g/mol. The van der Waals surface area contributed by atoms with Crippen LogP contribution in [0.15, 0.2) is 24.3 Å². The van der Waals surface area contributed by atoms with Crippen LogP contribution in [0.1, 0.15) is 37.0 Å². The molecule has 0 saturated carbocycles. The summed E-state index contributed by atoms with van der Waals surface area (Å²) in [5, 5.41) is 3.12. The summed E-state index contributed by atoms with van der Waals surface area (Å²) in [7, 11) is 0. The van der Waals surface area contributed by atoms with E-state index < -0.39 is 6.04 Å². The van der Waals surface area contributed by atoms with E-state index in [-0.39, 0.29) is 11.8 Å². The Kier molecular flexibility index (Phi) is 5.23. The molecule has 114 valence electrons. The van der Waals surface area contributed by atoms with Crippen molar-refractivity contribution in [2.24, 2.45) is 5.92 Å². The summed E-state index contributed by atoms with van der Waals surface area (Å²) in [6, 6.07) is 6.29. The van der Waals surface area contributed by atoms with Crippen molar-refractivity contribution in [3.63, 3.8) is 0 Å². The Morgan fingerprint density at radius 1 is 1.29 bits per heavy atom. The summed E-state index contributed by atoms with van der Waals surface area (Å²) in [5.74, 6) is 0.330. The summed E-state index contributed by atoms with van der Waals surface area (Å²) in [6.45, 7) is 5.46. The molecule has 0 radical (unpaired) electrons. The van der Waals surface area contributed by atoms with E-state index in [1.165, 1.54) is 0 Å². The number of hydrogen-bond acceptors (Lipinski definition) is 2. The van der Waals surface area contributed by atoms with Gasteiger partial charge >= 0.3 is 0 Å². The fourth-order valence-corrected chi connectivity index (χ4v) is 2.71. The largest absolute Gasteiger partial charge is 0.341 e. The highest BCUT2D eigenvalue weighted by Gasteiger charge is 2.25. The van der Waals surface area contributed by atoms with Gasteiger partial charge in [-0.05, 0) is 37.8 Å². The molecule has 1 saturated heterocycles. The minimum absolute atomic E-state index is 0.0256. The van der Waals surface area contributed by atoms with Crippen molar-refractivity contribution < 1.29 is 9.59 Å².